The maximum absolute atomic E-state index is 12.6. The SMILES string of the molecule is COc1ccc(Cl)cc1NC(=O)c1nnn(CC(=O)Nc2c(C)cc(C)cc2C)c1N. The Kier molecular flexibility index (Phi) is 6.45. The van der Waals surface area contributed by atoms with Crippen LogP contribution in [-0.4, -0.2) is 33.9 Å². The number of benzene rings is 2. The molecule has 1 heterocycles. The molecule has 0 fully saturated rings. The van der Waals surface area contributed by atoms with Crippen molar-refractivity contribution in [2.75, 3.05) is 23.5 Å². The number of halogens is 1. The van der Waals surface area contributed by atoms with Crippen molar-refractivity contribution in [1.82, 2.24) is 15.0 Å². The van der Waals surface area contributed by atoms with Crippen molar-refractivity contribution < 1.29 is 14.3 Å². The average Bonchev–Trinajstić information content (AvgIpc) is 3.05. The van der Waals surface area contributed by atoms with E-state index in [-0.39, 0.29) is 24.0 Å². The van der Waals surface area contributed by atoms with Gasteiger partial charge in [-0.25, -0.2) is 4.68 Å². The third-order valence-corrected chi connectivity index (χ3v) is 4.87. The topological polar surface area (TPSA) is 124 Å². The first kappa shape index (κ1) is 22.1. The number of hydrogen-bond donors (Lipinski definition) is 3. The molecule has 9 nitrogen and oxygen atoms in total. The number of carbonyl (C=O) groups is 2. The minimum absolute atomic E-state index is 0.0361. The number of aryl methyl sites for hydroxylation is 3. The normalized spacial score (nSPS) is 10.6. The number of nitrogens with two attached hydrogens (primary N) is 1. The van der Waals surface area contributed by atoms with E-state index in [4.69, 9.17) is 22.1 Å². The molecule has 0 bridgehead atoms. The summed E-state index contributed by atoms with van der Waals surface area (Å²) < 4.78 is 6.37. The molecular formula is C21H23ClN6O3. The number of nitrogen functional groups attached to an aromatic ring is 1. The molecule has 4 N–H and O–H groups in total. The Morgan fingerprint density at radius 2 is 1.81 bits per heavy atom. The molecule has 0 spiro atoms. The number of aromatic nitrogens is 3. The van der Waals surface area contributed by atoms with E-state index in [2.05, 4.69) is 20.9 Å². The van der Waals surface area contributed by atoms with E-state index in [9.17, 15) is 9.59 Å². The molecule has 0 atom stereocenters. The van der Waals surface area contributed by atoms with E-state index < -0.39 is 5.91 Å². The number of ether oxygens (including phenoxy) is 1. The molecule has 0 radical (unpaired) electrons. The van der Waals surface area contributed by atoms with E-state index >= 15 is 0 Å². The predicted octanol–water partition coefficient (Wildman–Crippen LogP) is 3.34. The molecule has 0 unspecified atom stereocenters. The smallest absolute Gasteiger partial charge is 0.280 e. The average molecular weight is 443 g/mol. The van der Waals surface area contributed by atoms with Gasteiger partial charge in [-0.3, -0.25) is 9.59 Å². The Balaban J connectivity index is 1.74. The molecule has 1 aromatic heterocycles. The van der Waals surface area contributed by atoms with Crippen LogP contribution in [0.2, 0.25) is 5.02 Å². The molecule has 2 amide bonds. The van der Waals surface area contributed by atoms with Gasteiger partial charge < -0.3 is 21.1 Å². The number of nitrogens with zero attached hydrogens (tertiary/aromatic N) is 3. The number of carbonyl (C=O) groups excluding carboxylic acids is 2. The van der Waals surface area contributed by atoms with Crippen LogP contribution in [0.15, 0.2) is 30.3 Å². The maximum atomic E-state index is 12.6. The summed E-state index contributed by atoms with van der Waals surface area (Å²) in [4.78, 5) is 25.1. The lowest BCUT2D eigenvalue weighted by Crippen LogP contribution is -2.22. The second kappa shape index (κ2) is 9.05. The van der Waals surface area contributed by atoms with Gasteiger partial charge in [0.1, 0.15) is 12.3 Å². The Hall–Kier alpha value is -3.59. The van der Waals surface area contributed by atoms with Crippen molar-refractivity contribution in [2.24, 2.45) is 0 Å². The van der Waals surface area contributed by atoms with Gasteiger partial charge in [0.15, 0.2) is 11.5 Å². The van der Waals surface area contributed by atoms with Gasteiger partial charge in [-0.15, -0.1) is 5.10 Å². The quantitative estimate of drug-likeness (QED) is 0.537. The number of nitrogens with one attached hydrogen (secondary N) is 2. The van der Waals surface area contributed by atoms with Gasteiger partial charge in [0.25, 0.3) is 5.91 Å². The van der Waals surface area contributed by atoms with Crippen LogP contribution in [0.3, 0.4) is 0 Å². The van der Waals surface area contributed by atoms with E-state index in [0.717, 1.165) is 27.1 Å². The molecule has 2 aromatic carbocycles. The number of amides is 2. The standard InChI is InChI=1S/C21H23ClN6O3/c1-11-7-12(2)18(13(3)8-11)25-17(29)10-28-20(23)19(26-27-28)21(30)24-15-9-14(22)5-6-16(15)31-4/h5-9H,10,23H2,1-4H3,(H,24,30)(H,25,29). The Morgan fingerprint density at radius 1 is 1.13 bits per heavy atom. The van der Waals surface area contributed by atoms with E-state index in [1.165, 1.54) is 7.11 Å². The van der Waals surface area contributed by atoms with Crippen LogP contribution in [0.4, 0.5) is 17.2 Å². The van der Waals surface area contributed by atoms with Crippen LogP contribution in [0.1, 0.15) is 27.2 Å². The first-order valence-electron chi connectivity index (χ1n) is 9.41. The molecular weight excluding hydrogens is 420 g/mol. The monoisotopic (exact) mass is 442 g/mol. The minimum Gasteiger partial charge on any atom is -0.495 e. The number of rotatable bonds is 6. The highest BCUT2D eigenvalue weighted by Gasteiger charge is 2.21. The molecule has 0 saturated heterocycles. The zero-order valence-electron chi connectivity index (χ0n) is 17.6. The highest BCUT2D eigenvalue weighted by molar-refractivity contribution is 6.31. The van der Waals surface area contributed by atoms with Crippen LogP contribution >= 0.6 is 11.6 Å². The number of anilines is 3. The van der Waals surface area contributed by atoms with Gasteiger partial charge in [0.2, 0.25) is 5.91 Å². The zero-order valence-corrected chi connectivity index (χ0v) is 18.4. The molecule has 10 heteroatoms. The van der Waals surface area contributed by atoms with Crippen molar-refractivity contribution in [1.29, 1.82) is 0 Å². The zero-order chi connectivity index (χ0) is 22.7. The van der Waals surface area contributed by atoms with Crippen LogP contribution in [0.5, 0.6) is 5.75 Å². The molecule has 3 aromatic rings. The van der Waals surface area contributed by atoms with Gasteiger partial charge in [-0.1, -0.05) is 34.5 Å². The summed E-state index contributed by atoms with van der Waals surface area (Å²) in [6.45, 7) is 5.64. The lowest BCUT2D eigenvalue weighted by molar-refractivity contribution is -0.116. The van der Waals surface area contributed by atoms with Crippen molar-refractivity contribution in [3.63, 3.8) is 0 Å². The van der Waals surface area contributed by atoms with Crippen LogP contribution in [0, 0.1) is 20.8 Å². The Morgan fingerprint density at radius 3 is 2.45 bits per heavy atom. The van der Waals surface area contributed by atoms with Crippen molar-refractivity contribution in [3.8, 4) is 5.75 Å². The van der Waals surface area contributed by atoms with E-state index in [0.29, 0.717) is 16.5 Å². The maximum Gasteiger partial charge on any atom is 0.280 e. The molecule has 3 rings (SSSR count). The molecule has 0 aliphatic heterocycles. The lowest BCUT2D eigenvalue weighted by Gasteiger charge is -2.13. The highest BCUT2D eigenvalue weighted by atomic mass is 35.5. The molecule has 162 valence electrons. The summed E-state index contributed by atoms with van der Waals surface area (Å²) in [5.74, 6) is -0.553. The Bertz CT molecular complexity index is 1140. The second-order valence-corrected chi connectivity index (χ2v) is 7.54. The molecule has 0 saturated carbocycles. The fourth-order valence-electron chi connectivity index (χ4n) is 3.25. The third kappa shape index (κ3) is 4.95. The third-order valence-electron chi connectivity index (χ3n) is 4.63. The Labute approximate surface area is 184 Å². The largest absolute Gasteiger partial charge is 0.495 e. The van der Waals surface area contributed by atoms with Gasteiger partial charge in [-0.05, 0) is 50.1 Å². The summed E-state index contributed by atoms with van der Waals surface area (Å²) >= 11 is 5.99. The number of methoxy groups -OCH3 is 1. The second-order valence-electron chi connectivity index (χ2n) is 7.10. The molecule has 0 aliphatic carbocycles. The van der Waals surface area contributed by atoms with Crippen LogP contribution < -0.4 is 21.1 Å². The van der Waals surface area contributed by atoms with Crippen LogP contribution in [-0.2, 0) is 11.3 Å². The van der Waals surface area contributed by atoms with E-state index in [1.54, 1.807) is 18.2 Å². The minimum atomic E-state index is -0.602. The van der Waals surface area contributed by atoms with Gasteiger partial charge in [0, 0.05) is 10.7 Å². The summed E-state index contributed by atoms with van der Waals surface area (Å²) in [5, 5.41) is 13.6. The van der Waals surface area contributed by atoms with Crippen molar-refractivity contribution >= 4 is 40.6 Å². The summed E-state index contributed by atoms with van der Waals surface area (Å²) in [5.41, 5.74) is 10.0. The van der Waals surface area contributed by atoms with Gasteiger partial charge in [0.05, 0.1) is 12.8 Å². The highest BCUT2D eigenvalue weighted by Crippen LogP contribution is 2.28. The lowest BCUT2D eigenvalue weighted by atomic mass is 10.1. The molecule has 0 aliphatic rings. The molecule has 31 heavy (non-hydrogen) atoms. The summed E-state index contributed by atoms with van der Waals surface area (Å²) in [6, 6.07) is 8.77. The summed E-state index contributed by atoms with van der Waals surface area (Å²) in [6.07, 6.45) is 0. The summed E-state index contributed by atoms with van der Waals surface area (Å²) in [7, 11) is 1.47. The van der Waals surface area contributed by atoms with Gasteiger partial charge >= 0.3 is 0 Å². The van der Waals surface area contributed by atoms with Crippen LogP contribution in [0.25, 0.3) is 0 Å². The predicted molar refractivity (Wildman–Crippen MR) is 120 cm³/mol. The first-order valence-corrected chi connectivity index (χ1v) is 9.79. The first-order chi connectivity index (χ1) is 14.7. The number of hydrogen-bond acceptors (Lipinski definition) is 6. The van der Waals surface area contributed by atoms with Gasteiger partial charge in [-0.2, -0.15) is 0 Å². The fourth-order valence-corrected chi connectivity index (χ4v) is 3.42. The van der Waals surface area contributed by atoms with Crippen molar-refractivity contribution in [2.45, 2.75) is 27.3 Å². The van der Waals surface area contributed by atoms with E-state index in [1.807, 2.05) is 32.9 Å². The fraction of sp³-hybridized carbons (Fsp3) is 0.238. The van der Waals surface area contributed by atoms with Crippen molar-refractivity contribution in [3.05, 3.63) is 57.7 Å².